The summed E-state index contributed by atoms with van der Waals surface area (Å²) in [6.45, 7) is 6.44. The van der Waals surface area contributed by atoms with Gasteiger partial charge in [-0.05, 0) is 75.1 Å². The monoisotopic (exact) mass is 521 g/mol. The van der Waals surface area contributed by atoms with Gasteiger partial charge in [0.25, 0.3) is 5.91 Å². The summed E-state index contributed by atoms with van der Waals surface area (Å²) in [4.78, 5) is 18.3. The van der Waals surface area contributed by atoms with Gasteiger partial charge in [-0.1, -0.05) is 24.6 Å². The molecule has 1 fully saturated rings. The fourth-order valence-electron chi connectivity index (χ4n) is 4.78. The molecule has 0 saturated carbocycles. The summed E-state index contributed by atoms with van der Waals surface area (Å²) in [7, 11) is -3.72. The van der Waals surface area contributed by atoms with Crippen LogP contribution in [0, 0.1) is 26.6 Å². The van der Waals surface area contributed by atoms with Crippen LogP contribution in [0.5, 0.6) is 0 Å². The van der Waals surface area contributed by atoms with Crippen LogP contribution >= 0.6 is 0 Å². The smallest absolute Gasteiger partial charge is 0.276 e. The van der Waals surface area contributed by atoms with E-state index in [1.54, 1.807) is 35.7 Å². The minimum Gasteiger partial charge on any atom is -0.320 e. The molecule has 2 aromatic carbocycles. The Hall–Kier alpha value is -3.63. The van der Waals surface area contributed by atoms with Crippen LogP contribution in [-0.4, -0.2) is 46.3 Å². The molecule has 0 spiro atoms. The van der Waals surface area contributed by atoms with Crippen LogP contribution in [0.2, 0.25) is 0 Å². The summed E-state index contributed by atoms with van der Waals surface area (Å²) in [5, 5.41) is 7.24. The number of piperidine rings is 1. The number of aryl methyl sites for hydroxylation is 3. The van der Waals surface area contributed by atoms with Gasteiger partial charge >= 0.3 is 0 Å². The van der Waals surface area contributed by atoms with Crippen LogP contribution in [0.1, 0.15) is 46.7 Å². The van der Waals surface area contributed by atoms with Crippen molar-refractivity contribution in [3.05, 3.63) is 77.0 Å². The van der Waals surface area contributed by atoms with Crippen molar-refractivity contribution in [2.75, 3.05) is 18.4 Å². The minimum atomic E-state index is -3.72. The molecule has 0 radical (unpaired) electrons. The third-order valence-corrected chi connectivity index (χ3v) is 8.64. The molecule has 1 aliphatic rings. The number of amides is 1. The van der Waals surface area contributed by atoms with Crippen molar-refractivity contribution in [2.24, 2.45) is 0 Å². The van der Waals surface area contributed by atoms with Crippen molar-refractivity contribution in [2.45, 2.75) is 44.9 Å². The van der Waals surface area contributed by atoms with Gasteiger partial charge in [0.05, 0.1) is 10.5 Å². The van der Waals surface area contributed by atoms with Gasteiger partial charge in [-0.2, -0.15) is 9.40 Å². The largest absolute Gasteiger partial charge is 0.320 e. The highest BCUT2D eigenvalue weighted by molar-refractivity contribution is 7.89. The van der Waals surface area contributed by atoms with Crippen molar-refractivity contribution in [3.8, 4) is 11.1 Å². The summed E-state index contributed by atoms with van der Waals surface area (Å²) in [6.07, 6.45) is 2.68. The van der Waals surface area contributed by atoms with Gasteiger partial charge in [-0.25, -0.2) is 22.3 Å². The zero-order valence-electron chi connectivity index (χ0n) is 21.0. The number of rotatable bonds is 5. The van der Waals surface area contributed by atoms with Gasteiger partial charge in [0.15, 0.2) is 11.3 Å². The van der Waals surface area contributed by atoms with Crippen LogP contribution in [0.15, 0.2) is 53.4 Å². The lowest BCUT2D eigenvalue weighted by atomic mass is 10.0. The third-order valence-electron chi connectivity index (χ3n) is 6.60. The second-order valence-corrected chi connectivity index (χ2v) is 11.3. The molecule has 4 aromatic rings. The van der Waals surface area contributed by atoms with Crippen LogP contribution in [0.3, 0.4) is 0 Å². The fraction of sp³-hybridized carbons (Fsp3) is 0.296. The first-order valence-electron chi connectivity index (χ1n) is 12.2. The molecular formula is C27H28FN5O3S. The summed E-state index contributed by atoms with van der Waals surface area (Å²) < 4.78 is 44.0. The average molecular weight is 522 g/mol. The van der Waals surface area contributed by atoms with E-state index in [-0.39, 0.29) is 16.3 Å². The highest BCUT2D eigenvalue weighted by Gasteiger charge is 2.29. The maximum atomic E-state index is 13.7. The molecule has 0 aliphatic carbocycles. The fourth-order valence-corrected chi connectivity index (χ4v) is 6.55. The van der Waals surface area contributed by atoms with Gasteiger partial charge < -0.3 is 5.32 Å². The third kappa shape index (κ3) is 4.74. The second-order valence-electron chi connectivity index (χ2n) is 9.41. The highest BCUT2D eigenvalue weighted by atomic mass is 32.2. The predicted octanol–water partition coefficient (Wildman–Crippen LogP) is 4.89. The van der Waals surface area contributed by atoms with Crippen LogP contribution in [0.25, 0.3) is 16.8 Å². The minimum absolute atomic E-state index is 0.0654. The maximum Gasteiger partial charge on any atom is 0.276 e. The number of nitrogens with zero attached hydrogens (tertiary/aromatic N) is 4. The Balaban J connectivity index is 1.67. The van der Waals surface area contributed by atoms with Gasteiger partial charge in [0.2, 0.25) is 10.0 Å². The van der Waals surface area contributed by atoms with Crippen molar-refractivity contribution >= 4 is 27.3 Å². The first-order valence-corrected chi connectivity index (χ1v) is 13.6. The zero-order chi connectivity index (χ0) is 26.3. The van der Waals surface area contributed by atoms with Gasteiger partial charge in [-0.15, -0.1) is 0 Å². The van der Waals surface area contributed by atoms with Crippen molar-refractivity contribution in [1.29, 1.82) is 0 Å². The molecule has 8 nitrogen and oxygen atoms in total. The number of aromatic nitrogens is 3. The van der Waals surface area contributed by atoms with Crippen molar-refractivity contribution in [1.82, 2.24) is 18.9 Å². The standard InChI is InChI=1S/C27H28FN5O3S/c1-17-10-11-20(15-23(17)37(35,36)32-12-5-4-6-13-32)24-25(27(34)30-22-9-7-8-21(28)16-22)31-33-19(3)14-18(2)29-26(24)33/h7-11,14-16H,4-6,12-13H2,1-3H3,(H,30,34). The number of benzene rings is 2. The Bertz CT molecular complexity index is 1620. The Morgan fingerprint density at radius 2 is 1.76 bits per heavy atom. The number of sulfonamides is 1. The number of nitrogens with one attached hydrogen (secondary N) is 1. The number of hydrogen-bond acceptors (Lipinski definition) is 5. The van der Waals surface area contributed by atoms with Crippen molar-refractivity contribution in [3.63, 3.8) is 0 Å². The Morgan fingerprint density at radius 3 is 2.49 bits per heavy atom. The van der Waals surface area contributed by atoms with E-state index in [0.29, 0.717) is 35.4 Å². The predicted molar refractivity (Wildman–Crippen MR) is 140 cm³/mol. The Labute approximate surface area is 215 Å². The molecule has 0 atom stereocenters. The molecule has 0 unspecified atom stereocenters. The molecule has 1 saturated heterocycles. The van der Waals surface area contributed by atoms with Gasteiger partial charge in [0, 0.05) is 30.2 Å². The molecule has 10 heteroatoms. The zero-order valence-corrected chi connectivity index (χ0v) is 21.8. The summed E-state index contributed by atoms with van der Waals surface area (Å²) >= 11 is 0. The normalized spacial score (nSPS) is 14.7. The number of fused-ring (bicyclic) bond motifs is 1. The first kappa shape index (κ1) is 25.0. The maximum absolute atomic E-state index is 13.7. The Morgan fingerprint density at radius 1 is 1.00 bits per heavy atom. The first-order chi connectivity index (χ1) is 17.6. The number of carbonyl (C=O) groups excluding carboxylic acids is 1. The molecule has 0 bridgehead atoms. The molecule has 1 amide bonds. The molecule has 5 rings (SSSR count). The number of halogens is 1. The molecule has 192 valence electrons. The molecule has 37 heavy (non-hydrogen) atoms. The summed E-state index contributed by atoms with van der Waals surface area (Å²) in [6, 6.07) is 12.6. The topological polar surface area (TPSA) is 96.7 Å². The average Bonchev–Trinajstić information content (AvgIpc) is 3.25. The lowest BCUT2D eigenvalue weighted by molar-refractivity contribution is 0.102. The molecular weight excluding hydrogens is 493 g/mol. The van der Waals surface area contributed by atoms with Crippen LogP contribution < -0.4 is 5.32 Å². The summed E-state index contributed by atoms with van der Waals surface area (Å²) in [5.74, 6) is -1.03. The lowest BCUT2D eigenvalue weighted by Crippen LogP contribution is -2.35. The number of hydrogen-bond donors (Lipinski definition) is 1. The molecule has 1 aliphatic heterocycles. The van der Waals surface area contributed by atoms with E-state index >= 15 is 0 Å². The molecule has 2 aromatic heterocycles. The van der Waals surface area contributed by atoms with E-state index in [0.717, 1.165) is 30.7 Å². The van der Waals surface area contributed by atoms with Gasteiger partial charge in [-0.3, -0.25) is 4.79 Å². The van der Waals surface area contributed by atoms with Gasteiger partial charge in [0.1, 0.15) is 5.82 Å². The SMILES string of the molecule is Cc1cc(C)n2nc(C(=O)Nc3cccc(F)c3)c(-c3ccc(C)c(S(=O)(=O)N4CCCCC4)c3)c2n1. The lowest BCUT2D eigenvalue weighted by Gasteiger charge is -2.26. The quantitative estimate of drug-likeness (QED) is 0.404. The number of anilines is 1. The molecule has 1 N–H and O–H groups in total. The van der Waals surface area contributed by atoms with E-state index in [9.17, 15) is 17.6 Å². The molecule has 3 heterocycles. The Kier molecular flexibility index (Phi) is 6.55. The summed E-state index contributed by atoms with van der Waals surface area (Å²) in [5.41, 5.74) is 3.83. The second kappa shape index (κ2) is 9.68. The van der Waals surface area contributed by atoms with E-state index in [2.05, 4.69) is 15.4 Å². The highest BCUT2D eigenvalue weighted by Crippen LogP contribution is 2.33. The van der Waals surface area contributed by atoms with Crippen LogP contribution in [0.4, 0.5) is 10.1 Å². The number of carbonyl (C=O) groups is 1. The van der Waals surface area contributed by atoms with Crippen LogP contribution in [-0.2, 0) is 10.0 Å². The van der Waals surface area contributed by atoms with E-state index in [1.165, 1.54) is 22.5 Å². The van der Waals surface area contributed by atoms with E-state index < -0.39 is 21.7 Å². The van der Waals surface area contributed by atoms with E-state index in [1.807, 2.05) is 19.9 Å². The van der Waals surface area contributed by atoms with Crippen molar-refractivity contribution < 1.29 is 17.6 Å². The van der Waals surface area contributed by atoms with E-state index in [4.69, 9.17) is 0 Å².